The summed E-state index contributed by atoms with van der Waals surface area (Å²) in [7, 11) is 0. The van der Waals surface area contributed by atoms with E-state index in [9.17, 15) is 0 Å². The minimum Gasteiger partial charge on any atom is -0.365 e. The van der Waals surface area contributed by atoms with Gasteiger partial charge in [-0.25, -0.2) is 0 Å². The molecule has 0 bridgehead atoms. The lowest BCUT2D eigenvalue weighted by Gasteiger charge is -2.33. The predicted octanol–water partition coefficient (Wildman–Crippen LogP) is 1.83. The van der Waals surface area contributed by atoms with Crippen molar-refractivity contribution in [2.45, 2.75) is 25.5 Å². The van der Waals surface area contributed by atoms with Gasteiger partial charge >= 0.3 is 0 Å². The number of ether oxygens (including phenoxy) is 1. The molecule has 2 rings (SSSR count). The summed E-state index contributed by atoms with van der Waals surface area (Å²) >= 11 is 0. The van der Waals surface area contributed by atoms with Crippen LogP contribution in [0.2, 0.25) is 0 Å². The molecule has 2 atom stereocenters. The lowest BCUT2D eigenvalue weighted by Crippen LogP contribution is -2.42. The first kappa shape index (κ1) is 12.9. The van der Waals surface area contributed by atoms with E-state index >= 15 is 0 Å². The summed E-state index contributed by atoms with van der Waals surface area (Å²) < 4.78 is 5.37. The van der Waals surface area contributed by atoms with Crippen LogP contribution >= 0.6 is 0 Å². The summed E-state index contributed by atoms with van der Waals surface area (Å²) in [4.78, 5) is 2.20. The fraction of sp³-hybridized carbons (Fsp3) is 0.500. The van der Waals surface area contributed by atoms with E-state index < -0.39 is 0 Å². The van der Waals surface area contributed by atoms with Crippen molar-refractivity contribution in [2.24, 2.45) is 5.73 Å². The topological polar surface area (TPSA) is 62.3 Å². The van der Waals surface area contributed by atoms with Crippen molar-refractivity contribution < 1.29 is 4.74 Å². The standard InChI is InChI=1S/C14H19N3O/c1-2-13(16)12-5-3-4-6-14(12)17-7-8-18-11(9-15)10-17/h3-6,11,13H,2,7-8,10,16H2,1H3/t11?,13-/m1/s1. The average Bonchev–Trinajstić information content (AvgIpc) is 2.46. The van der Waals surface area contributed by atoms with E-state index in [1.54, 1.807) is 0 Å². The van der Waals surface area contributed by atoms with Crippen LogP contribution in [0, 0.1) is 11.3 Å². The molecule has 0 spiro atoms. The molecule has 96 valence electrons. The Hall–Kier alpha value is -1.57. The van der Waals surface area contributed by atoms with E-state index in [4.69, 9.17) is 15.7 Å². The number of hydrogen-bond acceptors (Lipinski definition) is 4. The van der Waals surface area contributed by atoms with Gasteiger partial charge in [-0.15, -0.1) is 0 Å². The molecule has 2 N–H and O–H groups in total. The van der Waals surface area contributed by atoms with Crippen molar-refractivity contribution in [1.29, 1.82) is 5.26 Å². The maximum atomic E-state index is 8.95. The summed E-state index contributed by atoms with van der Waals surface area (Å²) in [5.41, 5.74) is 8.43. The highest BCUT2D eigenvalue weighted by Crippen LogP contribution is 2.28. The van der Waals surface area contributed by atoms with Crippen LogP contribution in [0.4, 0.5) is 5.69 Å². The molecule has 0 radical (unpaired) electrons. The number of nitrogens with two attached hydrogens (primary N) is 1. The zero-order valence-corrected chi connectivity index (χ0v) is 10.7. The molecule has 1 fully saturated rings. The Kier molecular flexibility index (Phi) is 4.19. The molecule has 1 aromatic carbocycles. The van der Waals surface area contributed by atoms with Crippen molar-refractivity contribution in [3.8, 4) is 6.07 Å². The van der Waals surface area contributed by atoms with Gasteiger partial charge in [-0.3, -0.25) is 0 Å². The van der Waals surface area contributed by atoms with E-state index in [1.807, 2.05) is 12.1 Å². The maximum absolute atomic E-state index is 8.95. The van der Waals surface area contributed by atoms with Crippen LogP contribution in [-0.4, -0.2) is 25.8 Å². The summed E-state index contributed by atoms with van der Waals surface area (Å²) in [6.45, 7) is 4.10. The lowest BCUT2D eigenvalue weighted by atomic mass is 10.0. The summed E-state index contributed by atoms with van der Waals surface area (Å²) in [6.07, 6.45) is 0.563. The Bertz CT molecular complexity index is 441. The first-order chi connectivity index (χ1) is 8.76. The van der Waals surface area contributed by atoms with Crippen LogP contribution in [0.1, 0.15) is 24.9 Å². The molecule has 1 aromatic rings. The highest BCUT2D eigenvalue weighted by atomic mass is 16.5. The first-order valence-corrected chi connectivity index (χ1v) is 6.37. The number of anilines is 1. The van der Waals surface area contributed by atoms with Gasteiger partial charge in [0.05, 0.1) is 19.2 Å². The second-order valence-corrected chi connectivity index (χ2v) is 4.51. The molecule has 0 saturated carbocycles. The van der Waals surface area contributed by atoms with Crippen molar-refractivity contribution in [1.82, 2.24) is 0 Å². The highest BCUT2D eigenvalue weighted by Gasteiger charge is 2.22. The predicted molar refractivity (Wildman–Crippen MR) is 71.2 cm³/mol. The van der Waals surface area contributed by atoms with Crippen molar-refractivity contribution in [3.63, 3.8) is 0 Å². The minimum atomic E-state index is -0.343. The van der Waals surface area contributed by atoms with Crippen LogP contribution in [0.5, 0.6) is 0 Å². The molecule has 0 amide bonds. The van der Waals surface area contributed by atoms with E-state index in [1.165, 1.54) is 0 Å². The Balaban J connectivity index is 2.25. The Labute approximate surface area is 108 Å². The highest BCUT2D eigenvalue weighted by molar-refractivity contribution is 5.55. The van der Waals surface area contributed by atoms with Crippen LogP contribution in [0.25, 0.3) is 0 Å². The van der Waals surface area contributed by atoms with E-state index in [0.29, 0.717) is 13.2 Å². The number of hydrogen-bond donors (Lipinski definition) is 1. The molecule has 0 aliphatic carbocycles. The molecule has 0 aromatic heterocycles. The second kappa shape index (κ2) is 5.85. The van der Waals surface area contributed by atoms with E-state index in [2.05, 4.69) is 30.0 Å². The minimum absolute atomic E-state index is 0.0459. The van der Waals surface area contributed by atoms with Crippen molar-refractivity contribution >= 4 is 5.69 Å². The zero-order chi connectivity index (χ0) is 13.0. The van der Waals surface area contributed by atoms with E-state index in [-0.39, 0.29) is 12.1 Å². The Morgan fingerprint density at radius 1 is 1.56 bits per heavy atom. The van der Waals surface area contributed by atoms with Gasteiger partial charge in [-0.2, -0.15) is 5.26 Å². The van der Waals surface area contributed by atoms with Gasteiger partial charge in [-0.05, 0) is 18.1 Å². The van der Waals surface area contributed by atoms with Crippen molar-refractivity contribution in [2.75, 3.05) is 24.6 Å². The summed E-state index contributed by atoms with van der Waals surface area (Å²) in [5.74, 6) is 0. The SMILES string of the molecule is CC[C@@H](N)c1ccccc1N1CCOC(C#N)C1. The molecule has 1 aliphatic rings. The molecular formula is C14H19N3O. The first-order valence-electron chi connectivity index (χ1n) is 6.37. The van der Waals surface area contributed by atoms with Gasteiger partial charge in [0, 0.05) is 18.3 Å². The van der Waals surface area contributed by atoms with Gasteiger partial charge in [0.15, 0.2) is 6.10 Å². The molecule has 18 heavy (non-hydrogen) atoms. The fourth-order valence-electron chi connectivity index (χ4n) is 2.26. The van der Waals surface area contributed by atoms with E-state index in [0.717, 1.165) is 24.2 Å². The van der Waals surface area contributed by atoms with Crippen LogP contribution in [0.3, 0.4) is 0 Å². The largest absolute Gasteiger partial charge is 0.365 e. The average molecular weight is 245 g/mol. The molecular weight excluding hydrogens is 226 g/mol. The quantitative estimate of drug-likeness (QED) is 0.882. The number of para-hydroxylation sites is 1. The zero-order valence-electron chi connectivity index (χ0n) is 10.7. The van der Waals surface area contributed by atoms with Crippen LogP contribution in [-0.2, 0) is 4.74 Å². The molecule has 4 nitrogen and oxygen atoms in total. The third-order valence-electron chi connectivity index (χ3n) is 3.33. The molecule has 1 heterocycles. The fourth-order valence-corrected chi connectivity index (χ4v) is 2.26. The molecule has 1 saturated heterocycles. The second-order valence-electron chi connectivity index (χ2n) is 4.51. The normalized spacial score (nSPS) is 21.4. The number of nitrogens with zero attached hydrogens (tertiary/aromatic N) is 2. The van der Waals surface area contributed by atoms with Gasteiger partial charge in [0.2, 0.25) is 0 Å². The van der Waals surface area contributed by atoms with Crippen LogP contribution in [0.15, 0.2) is 24.3 Å². The molecule has 4 heteroatoms. The Morgan fingerprint density at radius 3 is 3.06 bits per heavy atom. The summed E-state index contributed by atoms with van der Waals surface area (Å²) in [5, 5.41) is 8.95. The number of benzene rings is 1. The third-order valence-corrected chi connectivity index (χ3v) is 3.33. The Morgan fingerprint density at radius 2 is 2.33 bits per heavy atom. The van der Waals surface area contributed by atoms with Gasteiger partial charge < -0.3 is 15.4 Å². The van der Waals surface area contributed by atoms with Gasteiger partial charge in [0.1, 0.15) is 0 Å². The summed E-state index contributed by atoms with van der Waals surface area (Å²) in [6, 6.07) is 10.4. The number of morpholine rings is 1. The maximum Gasteiger partial charge on any atom is 0.161 e. The number of rotatable bonds is 3. The molecule has 1 aliphatic heterocycles. The number of nitriles is 1. The molecule has 1 unspecified atom stereocenters. The monoisotopic (exact) mass is 245 g/mol. The lowest BCUT2D eigenvalue weighted by molar-refractivity contribution is 0.0764. The van der Waals surface area contributed by atoms with Crippen LogP contribution < -0.4 is 10.6 Å². The van der Waals surface area contributed by atoms with Gasteiger partial charge in [0.25, 0.3) is 0 Å². The van der Waals surface area contributed by atoms with Crippen molar-refractivity contribution in [3.05, 3.63) is 29.8 Å². The van der Waals surface area contributed by atoms with Gasteiger partial charge in [-0.1, -0.05) is 25.1 Å². The smallest absolute Gasteiger partial charge is 0.161 e. The third kappa shape index (κ3) is 2.63.